The van der Waals surface area contributed by atoms with Crippen LogP contribution >= 0.6 is 0 Å². The third-order valence-electron chi connectivity index (χ3n) is 24.3. The van der Waals surface area contributed by atoms with Gasteiger partial charge in [0.15, 0.2) is 22.1 Å². The van der Waals surface area contributed by atoms with Crippen molar-refractivity contribution < 1.29 is 92.4 Å². The van der Waals surface area contributed by atoms with Crippen molar-refractivity contribution in [2.75, 3.05) is 107 Å². The summed E-state index contributed by atoms with van der Waals surface area (Å²) < 4.78 is 370. The van der Waals surface area contributed by atoms with Gasteiger partial charge in [0.2, 0.25) is 40.1 Å². The third kappa shape index (κ3) is 26.5. The van der Waals surface area contributed by atoms with E-state index in [4.69, 9.17) is 58.7 Å². The lowest BCUT2D eigenvalue weighted by Gasteiger charge is -2.19. The first kappa shape index (κ1) is 76.5. The van der Waals surface area contributed by atoms with Gasteiger partial charge < -0.3 is 58.5 Å². The number of benzene rings is 4. The summed E-state index contributed by atoms with van der Waals surface area (Å²) >= 11 is 0. The number of sulfonamides is 4. The molecular formula is C100H144N24O16S4. The fraction of sp³-hybridized carbons (Fsp3) is 0.560. The molecule has 12 aromatic rings. The third-order valence-corrected chi connectivity index (χ3v) is 29.8. The van der Waals surface area contributed by atoms with Crippen LogP contribution in [0.1, 0.15) is 246 Å². The van der Waals surface area contributed by atoms with Crippen molar-refractivity contribution in [3.63, 3.8) is 0 Å². The molecule has 4 aliphatic heterocycles. The summed E-state index contributed by atoms with van der Waals surface area (Å²) in [4.78, 5) is 85.7. The summed E-state index contributed by atoms with van der Waals surface area (Å²) in [7, 11) is -16.9. The summed E-state index contributed by atoms with van der Waals surface area (Å²) in [6, 6.07) is 14.3. The number of hydrogen-bond donors (Lipinski definition) is 8. The van der Waals surface area contributed by atoms with E-state index in [0.717, 1.165) is 6.42 Å². The Morgan fingerprint density at radius 1 is 0.347 bits per heavy atom. The quantitative estimate of drug-likeness (QED) is 0.0176. The summed E-state index contributed by atoms with van der Waals surface area (Å²) in [5, 5.41) is 16.4. The van der Waals surface area contributed by atoms with E-state index >= 15 is 0 Å². The molecule has 12 heterocycles. The number of aromatic amines is 4. The van der Waals surface area contributed by atoms with Crippen LogP contribution < -0.4 is 60.1 Å². The van der Waals surface area contributed by atoms with Gasteiger partial charge in [0.1, 0.15) is 68.4 Å². The fourth-order valence-corrected chi connectivity index (χ4v) is 21.1. The van der Waals surface area contributed by atoms with Gasteiger partial charge in [-0.1, -0.05) is 81.1 Å². The first-order chi connectivity index (χ1) is 80.5. The molecule has 5 unspecified atom stereocenters. The molecule has 5 atom stereocenters. The van der Waals surface area contributed by atoms with Crippen molar-refractivity contribution in [2.24, 2.45) is 27.9 Å². The lowest BCUT2D eigenvalue weighted by molar-refractivity contribution is 0.297. The van der Waals surface area contributed by atoms with Gasteiger partial charge in [-0.25, -0.2) is 72.5 Å². The van der Waals surface area contributed by atoms with Crippen LogP contribution in [0, 0.1) is 0 Å². The van der Waals surface area contributed by atoms with Crippen molar-refractivity contribution >= 4 is 84.2 Å². The van der Waals surface area contributed by atoms with Crippen molar-refractivity contribution in [1.29, 1.82) is 0 Å². The Bertz CT molecular complexity index is 8480. The van der Waals surface area contributed by atoms with Crippen LogP contribution in [0.3, 0.4) is 0 Å². The molecular weight excluding hydrogens is 1920 g/mol. The number of H-pyrrole nitrogens is 4. The number of hydrogen-bond acceptors (Lipinski definition) is 28. The Morgan fingerprint density at radius 3 is 0.910 bits per heavy atom. The maximum Gasteiger partial charge on any atom is 0.277 e. The highest BCUT2D eigenvalue weighted by Crippen LogP contribution is 2.38. The molecule has 0 saturated carbocycles. The van der Waals surface area contributed by atoms with E-state index in [0.29, 0.717) is 184 Å². The molecule has 0 bridgehead atoms. The van der Waals surface area contributed by atoms with Gasteiger partial charge in [-0.05, 0) is 255 Å². The molecule has 44 heteroatoms. The average Bonchev–Trinajstić information content (AvgIpc) is 1.59. The number of nitrogens with one attached hydrogen (secondary N) is 8. The highest BCUT2D eigenvalue weighted by Gasteiger charge is 2.32. The number of likely N-dealkylation sites (tertiary alicyclic amines) is 4. The molecule has 16 rings (SSSR count). The number of nitrogens with zero attached hydrogens (tertiary/aromatic N) is 16. The molecule has 0 aliphatic carbocycles. The number of rotatable bonds is 44. The molecule has 8 aromatic heterocycles. The zero-order valence-electron chi connectivity index (χ0n) is 110. The highest BCUT2D eigenvalue weighted by atomic mass is 32.2. The zero-order valence-corrected chi connectivity index (χ0v) is 84.7. The Hall–Kier alpha value is -11.0. The van der Waals surface area contributed by atoms with Gasteiger partial charge in [0.25, 0.3) is 22.2 Å². The van der Waals surface area contributed by atoms with Crippen molar-refractivity contribution in [3.8, 4) is 68.5 Å². The number of aromatic nitrogens is 16. The average molecular weight is 2100 g/mol. The highest BCUT2D eigenvalue weighted by molar-refractivity contribution is 7.90. The number of aryl methyl sites for hydroxylation is 8. The minimum Gasteiger partial charge on any atom is -0.493 e. The molecule has 0 radical (unpaired) electrons. The van der Waals surface area contributed by atoms with Gasteiger partial charge in [0, 0.05) is 118 Å². The molecule has 8 N–H and O–H groups in total. The van der Waals surface area contributed by atoms with Crippen LogP contribution in [0.2, 0.25) is 0 Å². The number of ether oxygens (including phenoxy) is 4. The predicted octanol–water partition coefficient (Wildman–Crippen LogP) is 11.3. The summed E-state index contributed by atoms with van der Waals surface area (Å²) in [6.07, 6.45) is 8.40. The Labute approximate surface area is 883 Å². The minimum atomic E-state index is -4.52. The van der Waals surface area contributed by atoms with Crippen LogP contribution in [-0.2, 0) is 93.6 Å². The van der Waals surface area contributed by atoms with Crippen LogP contribution in [0.4, 0.5) is 0 Å². The zero-order chi connectivity index (χ0) is 128. The largest absolute Gasteiger partial charge is 0.493 e. The normalized spacial score (nSPS) is 20.8. The molecule has 4 aromatic carbocycles. The van der Waals surface area contributed by atoms with Crippen molar-refractivity contribution in [1.82, 2.24) is 117 Å². The van der Waals surface area contributed by atoms with Gasteiger partial charge in [-0.15, -0.1) is 0 Å². The Kier molecular flexibility index (Phi) is 26.5. The van der Waals surface area contributed by atoms with E-state index < -0.39 is 155 Å². The number of fused-ring (bicyclic) bond motifs is 4. The lowest BCUT2D eigenvalue weighted by atomic mass is 10.1. The fourth-order valence-electron chi connectivity index (χ4n) is 17.0. The van der Waals surface area contributed by atoms with Gasteiger partial charge >= 0.3 is 0 Å². The first-order valence-electron chi connectivity index (χ1n) is 62.8. The van der Waals surface area contributed by atoms with Crippen LogP contribution in [0.25, 0.3) is 89.7 Å². The predicted molar refractivity (Wildman–Crippen MR) is 559 cm³/mol. The summed E-state index contributed by atoms with van der Waals surface area (Å²) in [5.41, 5.74) is -3.18. The molecule has 4 fully saturated rings. The van der Waals surface area contributed by atoms with Gasteiger partial charge in [-0.3, -0.25) is 37.9 Å². The molecule has 4 aliphatic rings. The standard InChI is InChI=1S/4C25H36N6O4S/c4*1-5-8-20-22-23(31(4)29-20)25(32)28-24(27-22)19-16-18(10-11-21(19)35-15-6-2)36(33,34)26-13-12-17-9-7-14-30(17)3/h4*10-11,16-17,26H,5-9,12-15H2,1-4H3,(H,27,28,32)/i3D3,4D3,13D2;3D3,4D3,13D;3D3,4D3,8D2;3D3,4D3. The Morgan fingerprint density at radius 2 is 0.625 bits per heavy atom. The summed E-state index contributed by atoms with van der Waals surface area (Å²) in [5.74, 6) is 0.635. The topological polar surface area (TPSA) is 489 Å². The van der Waals surface area contributed by atoms with Gasteiger partial charge in [0.05, 0.1) is 91.0 Å². The van der Waals surface area contributed by atoms with E-state index in [9.17, 15) is 52.8 Å². The lowest BCUT2D eigenvalue weighted by Crippen LogP contribution is -2.31. The van der Waals surface area contributed by atoms with Crippen LogP contribution in [0.15, 0.2) is 112 Å². The van der Waals surface area contributed by atoms with E-state index in [1.54, 1.807) is 6.92 Å². The van der Waals surface area contributed by atoms with Gasteiger partial charge in [-0.2, -0.15) is 20.4 Å². The summed E-state index contributed by atoms with van der Waals surface area (Å²) in [6.45, 7) is -6.78. The maximum atomic E-state index is 13.5. The molecule has 0 spiro atoms. The second-order valence-electron chi connectivity index (χ2n) is 35.0. The van der Waals surface area contributed by atoms with Crippen LogP contribution in [0.5, 0.6) is 23.0 Å². The molecule has 0 amide bonds. The first-order valence-corrected chi connectivity index (χ1v) is 54.2. The van der Waals surface area contributed by atoms with Crippen LogP contribution in [-0.4, -0.2) is 263 Å². The monoisotopic (exact) mass is 2090 g/mol. The Balaban J connectivity index is 0.000000188. The molecule has 40 nitrogen and oxygen atoms in total. The van der Waals surface area contributed by atoms with E-state index in [-0.39, 0.29) is 203 Å². The second-order valence-corrected chi connectivity index (χ2v) is 41.9. The van der Waals surface area contributed by atoms with Crippen molar-refractivity contribution in [3.05, 3.63) is 137 Å². The smallest absolute Gasteiger partial charge is 0.277 e. The van der Waals surface area contributed by atoms with Crippen molar-refractivity contribution in [2.45, 2.75) is 253 Å². The SMILES string of the molecule is [2H]C(CC1CCCN1C([2H])([2H])[2H])NS(=O)(=O)c1ccc(OCCC)c(-c2nc3c(CCC)nn(C([2H])([2H])[2H])c3c(=O)[nH]2)c1.[2H]C([2H])(CC)c1nn(C([2H])([2H])[2H])c2c(=O)[nH]c(-c3cc(S(=O)(=O)NCCC4CCCN4C([2H])([2H])[2H])ccc3OCCC)nc12.[2H]C([2H])(CC1CCCN1C([2H])([2H])[2H])NS(=O)(=O)c1ccc(OCCC)c(-c2nc3c(CCC)nn(C([2H])([2H])[2H])c3c(=O)[nH]2)c1.[2H]C([2H])([2H])N1CCCC1CCNS(=O)(=O)c1ccc(OCCC)c(-c2nc3c(CCC)nn(C([2H])([2H])[2H])c3c(=O)[nH]2)c1. The molecule has 4 saturated heterocycles. The maximum absolute atomic E-state index is 13.5. The van der Waals surface area contributed by atoms with E-state index in [1.165, 1.54) is 92.4 Å². The molecule has 784 valence electrons. The van der Waals surface area contributed by atoms with E-state index in [2.05, 4.69) is 79.2 Å². The van der Waals surface area contributed by atoms with E-state index in [1.807, 2.05) is 48.5 Å². The minimum absolute atomic E-state index is 0.00614. The molecule has 144 heavy (non-hydrogen) atoms. The second kappa shape index (κ2) is 49.9.